The number of nitro groups is 1. The summed E-state index contributed by atoms with van der Waals surface area (Å²) in [5.74, 6) is 0.667. The maximum Gasteiger partial charge on any atom is 0.310 e. The maximum absolute atomic E-state index is 11.8. The Balaban J connectivity index is 1.63. The number of nitro benzene ring substituents is 1. The van der Waals surface area contributed by atoms with Crippen LogP contribution in [-0.2, 0) is 4.79 Å². The van der Waals surface area contributed by atoms with Gasteiger partial charge < -0.3 is 15.0 Å². The molecule has 7 nitrogen and oxygen atoms in total. The highest BCUT2D eigenvalue weighted by atomic mass is 16.6. The van der Waals surface area contributed by atoms with Crippen molar-refractivity contribution >= 4 is 11.6 Å². The lowest BCUT2D eigenvalue weighted by Gasteiger charge is -2.30. The number of likely N-dealkylation sites (tertiary alicyclic amines) is 1. The van der Waals surface area contributed by atoms with Crippen LogP contribution in [0.25, 0.3) is 0 Å². The topological polar surface area (TPSA) is 84.7 Å². The first kappa shape index (κ1) is 18.2. The van der Waals surface area contributed by atoms with Crippen LogP contribution in [0.2, 0.25) is 0 Å². The molecule has 2 rings (SSSR count). The molecule has 0 radical (unpaired) electrons. The molecule has 1 heterocycles. The Morgan fingerprint density at radius 3 is 2.79 bits per heavy atom. The summed E-state index contributed by atoms with van der Waals surface area (Å²) in [6.07, 6.45) is 3.39. The molecule has 0 aromatic heterocycles. The summed E-state index contributed by atoms with van der Waals surface area (Å²) in [4.78, 5) is 24.5. The molecule has 0 spiro atoms. The van der Waals surface area contributed by atoms with Gasteiger partial charge in [-0.15, -0.1) is 0 Å². The Labute approximate surface area is 142 Å². The van der Waals surface area contributed by atoms with Crippen LogP contribution in [0.1, 0.15) is 26.2 Å². The van der Waals surface area contributed by atoms with E-state index < -0.39 is 4.92 Å². The Hall–Kier alpha value is -2.15. The minimum Gasteiger partial charge on any atom is -0.477 e. The van der Waals surface area contributed by atoms with Crippen molar-refractivity contribution < 1.29 is 14.5 Å². The van der Waals surface area contributed by atoms with Crippen molar-refractivity contribution in [3.8, 4) is 5.75 Å². The average Bonchev–Trinajstić information content (AvgIpc) is 2.58. The molecule has 0 saturated carbocycles. The zero-order chi connectivity index (χ0) is 17.4. The predicted molar refractivity (Wildman–Crippen MR) is 91.1 cm³/mol. The van der Waals surface area contributed by atoms with Gasteiger partial charge in [0.2, 0.25) is 0 Å². The van der Waals surface area contributed by atoms with E-state index in [2.05, 4.69) is 17.1 Å². The second kappa shape index (κ2) is 9.22. The monoisotopic (exact) mass is 335 g/mol. The number of carbonyl (C=O) groups is 1. The summed E-state index contributed by atoms with van der Waals surface area (Å²) in [6, 6.07) is 6.04. The number of para-hydroxylation sites is 2. The maximum atomic E-state index is 11.8. The molecule has 24 heavy (non-hydrogen) atoms. The molecule has 1 fully saturated rings. The van der Waals surface area contributed by atoms with E-state index in [1.165, 1.54) is 25.0 Å². The molecule has 1 aromatic carbocycles. The standard InChI is InChI=1S/C17H25N3O4/c1-14-7-11-19(12-8-14)10-4-9-18-17(21)13-24-16-6-3-2-5-15(16)20(22)23/h2-3,5-6,14H,4,7-13H2,1H3,(H,18,21). The lowest BCUT2D eigenvalue weighted by Crippen LogP contribution is -2.36. The zero-order valence-electron chi connectivity index (χ0n) is 14.1. The first-order valence-corrected chi connectivity index (χ1v) is 8.41. The van der Waals surface area contributed by atoms with Crippen molar-refractivity contribution in [3.05, 3.63) is 34.4 Å². The molecule has 1 aliphatic rings. The molecule has 1 aliphatic heterocycles. The van der Waals surface area contributed by atoms with Crippen LogP contribution in [0.4, 0.5) is 5.69 Å². The molecule has 132 valence electrons. The number of amides is 1. The van der Waals surface area contributed by atoms with Crippen molar-refractivity contribution in [1.29, 1.82) is 0 Å². The third kappa shape index (κ3) is 5.81. The van der Waals surface area contributed by atoms with Gasteiger partial charge in [0.25, 0.3) is 5.91 Å². The molecule has 0 bridgehead atoms. The van der Waals surface area contributed by atoms with E-state index in [4.69, 9.17) is 4.74 Å². The largest absolute Gasteiger partial charge is 0.477 e. The van der Waals surface area contributed by atoms with E-state index in [0.717, 1.165) is 32.0 Å². The molecule has 0 unspecified atom stereocenters. The third-order valence-corrected chi connectivity index (χ3v) is 4.27. The summed E-state index contributed by atoms with van der Waals surface area (Å²) >= 11 is 0. The van der Waals surface area contributed by atoms with Gasteiger partial charge in [0, 0.05) is 12.6 Å². The van der Waals surface area contributed by atoms with Gasteiger partial charge in [-0.3, -0.25) is 14.9 Å². The summed E-state index contributed by atoms with van der Waals surface area (Å²) in [5.41, 5.74) is -0.135. The van der Waals surface area contributed by atoms with Gasteiger partial charge in [0.05, 0.1) is 4.92 Å². The van der Waals surface area contributed by atoms with Gasteiger partial charge >= 0.3 is 5.69 Å². The van der Waals surface area contributed by atoms with E-state index in [-0.39, 0.29) is 24.0 Å². The fourth-order valence-corrected chi connectivity index (χ4v) is 2.74. The van der Waals surface area contributed by atoms with Crippen LogP contribution in [0, 0.1) is 16.0 Å². The van der Waals surface area contributed by atoms with Crippen LogP contribution < -0.4 is 10.1 Å². The Morgan fingerprint density at radius 1 is 1.38 bits per heavy atom. The number of nitrogens with zero attached hydrogens (tertiary/aromatic N) is 2. The Kier molecular flexibility index (Phi) is 6.99. The number of benzene rings is 1. The molecular weight excluding hydrogens is 310 g/mol. The fraction of sp³-hybridized carbons (Fsp3) is 0.588. The minimum atomic E-state index is -0.521. The van der Waals surface area contributed by atoms with Gasteiger partial charge in [-0.25, -0.2) is 0 Å². The summed E-state index contributed by atoms with van der Waals surface area (Å²) in [7, 11) is 0. The highest BCUT2D eigenvalue weighted by molar-refractivity contribution is 5.77. The number of hydrogen-bond acceptors (Lipinski definition) is 5. The third-order valence-electron chi connectivity index (χ3n) is 4.27. The molecular formula is C17H25N3O4. The lowest BCUT2D eigenvalue weighted by molar-refractivity contribution is -0.385. The molecule has 0 atom stereocenters. The SMILES string of the molecule is CC1CCN(CCCNC(=O)COc2ccccc2[N+](=O)[O-])CC1. The molecule has 1 amide bonds. The Morgan fingerprint density at radius 2 is 2.08 bits per heavy atom. The van der Waals surface area contributed by atoms with E-state index in [0.29, 0.717) is 6.54 Å². The average molecular weight is 335 g/mol. The predicted octanol–water partition coefficient (Wildman–Crippen LogP) is 2.21. The zero-order valence-corrected chi connectivity index (χ0v) is 14.1. The van der Waals surface area contributed by atoms with Gasteiger partial charge in [-0.2, -0.15) is 0 Å². The molecule has 0 aliphatic carbocycles. The van der Waals surface area contributed by atoms with Crippen LogP contribution in [0.15, 0.2) is 24.3 Å². The number of piperidine rings is 1. The molecule has 7 heteroatoms. The lowest BCUT2D eigenvalue weighted by atomic mass is 9.99. The van der Waals surface area contributed by atoms with Crippen molar-refractivity contribution in [2.24, 2.45) is 5.92 Å². The normalized spacial score (nSPS) is 15.9. The van der Waals surface area contributed by atoms with E-state index in [1.807, 2.05) is 0 Å². The van der Waals surface area contributed by atoms with Gasteiger partial charge in [0.15, 0.2) is 12.4 Å². The number of hydrogen-bond donors (Lipinski definition) is 1. The summed E-state index contributed by atoms with van der Waals surface area (Å²) in [6.45, 7) is 5.91. The van der Waals surface area contributed by atoms with Gasteiger partial charge in [0.1, 0.15) is 0 Å². The van der Waals surface area contributed by atoms with Gasteiger partial charge in [-0.05, 0) is 50.9 Å². The first-order valence-electron chi connectivity index (χ1n) is 8.41. The fourth-order valence-electron chi connectivity index (χ4n) is 2.74. The van der Waals surface area contributed by atoms with Crippen LogP contribution >= 0.6 is 0 Å². The quantitative estimate of drug-likeness (QED) is 0.447. The van der Waals surface area contributed by atoms with Crippen molar-refractivity contribution in [1.82, 2.24) is 10.2 Å². The summed E-state index contributed by atoms with van der Waals surface area (Å²) in [5, 5.41) is 13.7. The van der Waals surface area contributed by atoms with Gasteiger partial charge in [-0.1, -0.05) is 19.1 Å². The molecule has 1 aromatic rings. The van der Waals surface area contributed by atoms with Crippen molar-refractivity contribution in [2.75, 3.05) is 32.8 Å². The number of rotatable bonds is 8. The van der Waals surface area contributed by atoms with E-state index >= 15 is 0 Å². The second-order valence-electron chi connectivity index (χ2n) is 6.24. The minimum absolute atomic E-state index is 0.111. The first-order chi connectivity index (χ1) is 11.6. The van der Waals surface area contributed by atoms with Crippen molar-refractivity contribution in [2.45, 2.75) is 26.2 Å². The van der Waals surface area contributed by atoms with Crippen molar-refractivity contribution in [3.63, 3.8) is 0 Å². The smallest absolute Gasteiger partial charge is 0.310 e. The van der Waals surface area contributed by atoms with Crippen LogP contribution in [0.5, 0.6) is 5.75 Å². The van der Waals surface area contributed by atoms with E-state index in [1.54, 1.807) is 12.1 Å². The van der Waals surface area contributed by atoms with E-state index in [9.17, 15) is 14.9 Å². The Bertz CT molecular complexity index is 557. The second-order valence-corrected chi connectivity index (χ2v) is 6.24. The molecule has 1 saturated heterocycles. The number of nitrogens with one attached hydrogen (secondary N) is 1. The van der Waals surface area contributed by atoms with Crippen LogP contribution in [0.3, 0.4) is 0 Å². The number of carbonyl (C=O) groups excluding carboxylic acids is 1. The highest BCUT2D eigenvalue weighted by Gasteiger charge is 2.16. The van der Waals surface area contributed by atoms with Crippen LogP contribution in [-0.4, -0.2) is 48.5 Å². The summed E-state index contributed by atoms with van der Waals surface area (Å²) < 4.78 is 5.25. The number of ether oxygens (including phenoxy) is 1. The molecule has 1 N–H and O–H groups in total. The highest BCUT2D eigenvalue weighted by Crippen LogP contribution is 2.25.